The first-order chi connectivity index (χ1) is 9.06. The smallest absolute Gasteiger partial charge is 0.306 e. The zero-order valence-corrected chi connectivity index (χ0v) is 10.9. The van der Waals surface area contributed by atoms with Crippen LogP contribution in [-0.2, 0) is 11.2 Å². The number of hydrogen-bond acceptors (Lipinski definition) is 4. The highest BCUT2D eigenvalue weighted by molar-refractivity contribution is 5.69. The van der Waals surface area contributed by atoms with Crippen molar-refractivity contribution in [3.8, 4) is 11.3 Å². The molecular formula is C14H15N3O2. The van der Waals surface area contributed by atoms with Gasteiger partial charge in [-0.1, -0.05) is 6.92 Å². The van der Waals surface area contributed by atoms with Crippen LogP contribution < -0.4 is 0 Å². The van der Waals surface area contributed by atoms with Crippen LogP contribution in [0, 0.1) is 12.8 Å². The Bertz CT molecular complexity index is 584. The van der Waals surface area contributed by atoms with Crippen molar-refractivity contribution in [2.75, 3.05) is 0 Å². The van der Waals surface area contributed by atoms with Gasteiger partial charge in [-0.2, -0.15) is 0 Å². The molecule has 0 aliphatic carbocycles. The van der Waals surface area contributed by atoms with Crippen LogP contribution in [0.15, 0.2) is 30.6 Å². The van der Waals surface area contributed by atoms with Crippen LogP contribution in [0.5, 0.6) is 0 Å². The minimum Gasteiger partial charge on any atom is -0.481 e. The minimum atomic E-state index is -0.837. The number of carboxylic acids is 1. The van der Waals surface area contributed by atoms with Crippen molar-refractivity contribution < 1.29 is 9.90 Å². The number of nitrogens with zero attached hydrogens (tertiary/aromatic N) is 3. The number of hydrogen-bond donors (Lipinski definition) is 1. The van der Waals surface area contributed by atoms with Crippen LogP contribution in [0.25, 0.3) is 11.3 Å². The predicted molar refractivity (Wildman–Crippen MR) is 70.5 cm³/mol. The van der Waals surface area contributed by atoms with Crippen molar-refractivity contribution in [3.63, 3.8) is 0 Å². The molecule has 0 fully saturated rings. The van der Waals surface area contributed by atoms with Gasteiger partial charge in [0.25, 0.3) is 0 Å². The summed E-state index contributed by atoms with van der Waals surface area (Å²) in [6.45, 7) is 3.53. The summed E-state index contributed by atoms with van der Waals surface area (Å²) in [6, 6.07) is 5.61. The summed E-state index contributed by atoms with van der Waals surface area (Å²) in [5, 5.41) is 8.94. The van der Waals surface area contributed by atoms with Crippen molar-refractivity contribution in [2.45, 2.75) is 20.3 Å². The van der Waals surface area contributed by atoms with Gasteiger partial charge in [0.05, 0.1) is 11.6 Å². The van der Waals surface area contributed by atoms with Gasteiger partial charge >= 0.3 is 5.97 Å². The third kappa shape index (κ3) is 3.34. The Morgan fingerprint density at radius 1 is 1.32 bits per heavy atom. The Balaban J connectivity index is 2.32. The third-order valence-electron chi connectivity index (χ3n) is 2.79. The Morgan fingerprint density at radius 2 is 2.00 bits per heavy atom. The molecule has 0 spiro atoms. The van der Waals surface area contributed by atoms with Gasteiger partial charge in [-0.15, -0.1) is 0 Å². The monoisotopic (exact) mass is 257 g/mol. The van der Waals surface area contributed by atoms with Crippen LogP contribution in [0.4, 0.5) is 0 Å². The van der Waals surface area contributed by atoms with E-state index in [1.54, 1.807) is 19.3 Å². The third-order valence-corrected chi connectivity index (χ3v) is 2.79. The molecule has 0 radical (unpaired) electrons. The number of carbonyl (C=O) groups is 1. The molecule has 0 aliphatic heterocycles. The van der Waals surface area contributed by atoms with Crippen molar-refractivity contribution in [2.24, 2.45) is 5.92 Å². The first-order valence-corrected chi connectivity index (χ1v) is 6.04. The molecule has 98 valence electrons. The summed E-state index contributed by atoms with van der Waals surface area (Å²) in [4.78, 5) is 23.6. The molecular weight excluding hydrogens is 242 g/mol. The highest BCUT2D eigenvalue weighted by Crippen LogP contribution is 2.17. The van der Waals surface area contributed by atoms with Crippen molar-refractivity contribution in [1.82, 2.24) is 15.0 Å². The molecule has 19 heavy (non-hydrogen) atoms. The highest BCUT2D eigenvalue weighted by Gasteiger charge is 2.14. The Labute approximate surface area is 111 Å². The van der Waals surface area contributed by atoms with Crippen LogP contribution in [-0.4, -0.2) is 26.0 Å². The molecule has 0 bridgehead atoms. The van der Waals surface area contributed by atoms with Crippen molar-refractivity contribution in [3.05, 3.63) is 42.1 Å². The second kappa shape index (κ2) is 5.56. The zero-order valence-electron chi connectivity index (χ0n) is 10.9. The molecule has 1 atom stereocenters. The Morgan fingerprint density at radius 3 is 2.63 bits per heavy atom. The second-order valence-electron chi connectivity index (χ2n) is 4.49. The lowest BCUT2D eigenvalue weighted by atomic mass is 10.1. The van der Waals surface area contributed by atoms with E-state index in [9.17, 15) is 4.79 Å². The van der Waals surface area contributed by atoms with E-state index in [1.807, 2.05) is 25.1 Å². The van der Waals surface area contributed by atoms with Crippen molar-refractivity contribution in [1.29, 1.82) is 0 Å². The minimum absolute atomic E-state index is 0.328. The average Bonchev–Trinajstić information content (AvgIpc) is 2.39. The molecule has 0 saturated heterocycles. The summed E-state index contributed by atoms with van der Waals surface area (Å²) in [5.41, 5.74) is 2.57. The van der Waals surface area contributed by atoms with Gasteiger partial charge in [0, 0.05) is 30.1 Å². The van der Waals surface area contributed by atoms with E-state index in [-0.39, 0.29) is 0 Å². The van der Waals surface area contributed by atoms with Gasteiger partial charge in [-0.3, -0.25) is 9.78 Å². The van der Waals surface area contributed by atoms with E-state index in [4.69, 9.17) is 5.11 Å². The van der Waals surface area contributed by atoms with E-state index in [0.717, 1.165) is 17.0 Å². The summed E-state index contributed by atoms with van der Waals surface area (Å²) in [7, 11) is 0. The lowest BCUT2D eigenvalue weighted by molar-refractivity contribution is -0.141. The SMILES string of the molecule is Cc1cc(-c2ccncc2)nc(CC(C)C(=O)O)n1. The lowest BCUT2D eigenvalue weighted by Crippen LogP contribution is -2.14. The van der Waals surface area contributed by atoms with Gasteiger partial charge in [-0.25, -0.2) is 9.97 Å². The fourth-order valence-electron chi connectivity index (χ4n) is 1.75. The van der Waals surface area contributed by atoms with E-state index in [0.29, 0.717) is 12.2 Å². The van der Waals surface area contributed by atoms with Crippen LogP contribution in [0.3, 0.4) is 0 Å². The molecule has 1 unspecified atom stereocenters. The summed E-state index contributed by atoms with van der Waals surface area (Å²) in [5.74, 6) is -0.774. The first kappa shape index (κ1) is 13.1. The molecule has 0 aliphatic rings. The van der Waals surface area contributed by atoms with Gasteiger partial charge in [0.2, 0.25) is 0 Å². The molecule has 5 nitrogen and oxygen atoms in total. The summed E-state index contributed by atoms with van der Waals surface area (Å²) in [6.07, 6.45) is 3.73. The molecule has 1 N–H and O–H groups in total. The fraction of sp³-hybridized carbons (Fsp3) is 0.286. The number of aromatic nitrogens is 3. The van der Waals surface area contributed by atoms with Crippen LogP contribution in [0.2, 0.25) is 0 Å². The lowest BCUT2D eigenvalue weighted by Gasteiger charge is -2.08. The van der Waals surface area contributed by atoms with Gasteiger partial charge in [0.15, 0.2) is 0 Å². The largest absolute Gasteiger partial charge is 0.481 e. The highest BCUT2D eigenvalue weighted by atomic mass is 16.4. The summed E-state index contributed by atoms with van der Waals surface area (Å²) < 4.78 is 0. The number of aliphatic carboxylic acids is 1. The number of pyridine rings is 1. The van der Waals surface area contributed by atoms with Gasteiger partial charge < -0.3 is 5.11 Å². The zero-order chi connectivity index (χ0) is 13.8. The molecule has 0 amide bonds. The molecule has 2 aromatic rings. The predicted octanol–water partition coefficient (Wildman–Crippen LogP) is 2.11. The number of aryl methyl sites for hydroxylation is 1. The normalized spacial score (nSPS) is 12.1. The number of carboxylic acid groups (broad SMARTS) is 1. The number of rotatable bonds is 4. The topological polar surface area (TPSA) is 76.0 Å². The molecule has 2 heterocycles. The quantitative estimate of drug-likeness (QED) is 0.907. The maximum atomic E-state index is 10.9. The molecule has 2 rings (SSSR count). The van der Waals surface area contributed by atoms with E-state index in [1.165, 1.54) is 0 Å². The molecule has 5 heteroatoms. The fourth-order valence-corrected chi connectivity index (χ4v) is 1.75. The van der Waals surface area contributed by atoms with Crippen molar-refractivity contribution >= 4 is 5.97 Å². The first-order valence-electron chi connectivity index (χ1n) is 6.04. The average molecular weight is 257 g/mol. The summed E-state index contributed by atoms with van der Waals surface area (Å²) >= 11 is 0. The van der Waals surface area contributed by atoms with E-state index < -0.39 is 11.9 Å². The molecule has 0 aromatic carbocycles. The molecule has 0 saturated carbocycles. The second-order valence-corrected chi connectivity index (χ2v) is 4.49. The van der Waals surface area contributed by atoms with E-state index >= 15 is 0 Å². The van der Waals surface area contributed by atoms with Crippen LogP contribution >= 0.6 is 0 Å². The van der Waals surface area contributed by atoms with Crippen LogP contribution in [0.1, 0.15) is 18.4 Å². The van der Waals surface area contributed by atoms with E-state index in [2.05, 4.69) is 15.0 Å². The molecule has 2 aromatic heterocycles. The Kier molecular flexibility index (Phi) is 3.85. The van der Waals surface area contributed by atoms with Gasteiger partial charge in [-0.05, 0) is 25.1 Å². The Hall–Kier alpha value is -2.30. The maximum absolute atomic E-state index is 10.9. The maximum Gasteiger partial charge on any atom is 0.306 e. The van der Waals surface area contributed by atoms with Gasteiger partial charge in [0.1, 0.15) is 5.82 Å². The standard InChI is InChI=1S/C14H15N3O2/c1-9(14(18)19)7-13-16-10(2)8-12(17-13)11-3-5-15-6-4-11/h3-6,8-9H,7H2,1-2H3,(H,18,19).